The first-order valence-corrected chi connectivity index (χ1v) is 4.49. The van der Waals surface area contributed by atoms with Crippen LogP contribution in [0.1, 0.15) is 13.8 Å². The van der Waals surface area contributed by atoms with Gasteiger partial charge in [-0.25, -0.2) is 9.98 Å². The fourth-order valence-corrected chi connectivity index (χ4v) is 0.945. The largest absolute Gasteiger partial charge is 0.260 e. The molecule has 1 heterocycles. The molecule has 15 heavy (non-hydrogen) atoms. The molecule has 0 spiro atoms. The van der Waals surface area contributed by atoms with Gasteiger partial charge < -0.3 is 0 Å². The first-order chi connectivity index (χ1) is 7.13. The first-order valence-electron chi connectivity index (χ1n) is 4.49. The summed E-state index contributed by atoms with van der Waals surface area (Å²) in [4.78, 5) is 11.7. The van der Waals surface area contributed by atoms with E-state index in [4.69, 9.17) is 0 Å². The fourth-order valence-electron chi connectivity index (χ4n) is 0.945. The number of hydrogen-bond donors (Lipinski definition) is 0. The predicted molar refractivity (Wildman–Crippen MR) is 60.3 cm³/mol. The summed E-state index contributed by atoms with van der Waals surface area (Å²) in [7, 11) is 0. The van der Waals surface area contributed by atoms with Crippen molar-refractivity contribution in [2.75, 3.05) is 0 Å². The van der Waals surface area contributed by atoms with E-state index in [0.29, 0.717) is 17.2 Å². The van der Waals surface area contributed by atoms with Crippen LogP contribution in [0.3, 0.4) is 0 Å². The van der Waals surface area contributed by atoms with Crippen LogP contribution in [-0.4, -0.2) is 16.9 Å². The maximum Gasteiger partial charge on any atom is 0.214 e. The molecule has 78 valence electrons. The molecule has 0 aliphatic heterocycles. The van der Waals surface area contributed by atoms with Gasteiger partial charge in [-0.1, -0.05) is 12.6 Å². The normalized spacial score (nSPS) is 12.1. The van der Waals surface area contributed by atoms with E-state index < -0.39 is 5.95 Å². The van der Waals surface area contributed by atoms with Crippen LogP contribution in [0.4, 0.5) is 10.2 Å². The molecule has 0 unspecified atom stereocenters. The summed E-state index contributed by atoms with van der Waals surface area (Å²) < 4.78 is 12.7. The summed E-state index contributed by atoms with van der Waals surface area (Å²) in [5, 5.41) is 0. The van der Waals surface area contributed by atoms with Gasteiger partial charge >= 0.3 is 0 Å². The van der Waals surface area contributed by atoms with Gasteiger partial charge in [-0.15, -0.1) is 0 Å². The maximum atomic E-state index is 12.7. The highest BCUT2D eigenvalue weighted by molar-refractivity contribution is 5.99. The Bertz CT molecular complexity index is 422. The van der Waals surface area contributed by atoms with Gasteiger partial charge in [0.1, 0.15) is 0 Å². The molecule has 0 aromatic carbocycles. The SMILES string of the molecule is C=C(N=CC)C(C)=Nc1cccc(F)n1. The van der Waals surface area contributed by atoms with Gasteiger partial charge in [-0.05, 0) is 26.0 Å². The first kappa shape index (κ1) is 11.2. The van der Waals surface area contributed by atoms with Crippen molar-refractivity contribution >= 4 is 17.7 Å². The molecule has 0 aliphatic rings. The van der Waals surface area contributed by atoms with Crippen LogP contribution in [0, 0.1) is 5.95 Å². The van der Waals surface area contributed by atoms with E-state index in [1.807, 2.05) is 0 Å². The monoisotopic (exact) mass is 205 g/mol. The second-order valence-corrected chi connectivity index (χ2v) is 2.85. The summed E-state index contributed by atoms with van der Waals surface area (Å²) in [6.45, 7) is 7.26. The van der Waals surface area contributed by atoms with Crippen molar-refractivity contribution in [1.29, 1.82) is 0 Å². The van der Waals surface area contributed by atoms with E-state index in [-0.39, 0.29) is 0 Å². The van der Waals surface area contributed by atoms with Crippen molar-refractivity contribution in [1.82, 2.24) is 4.98 Å². The zero-order valence-electron chi connectivity index (χ0n) is 8.74. The molecular weight excluding hydrogens is 193 g/mol. The van der Waals surface area contributed by atoms with Crippen LogP contribution in [0.25, 0.3) is 0 Å². The molecule has 0 saturated carbocycles. The Labute approximate surface area is 88.1 Å². The molecule has 1 aromatic heterocycles. The highest BCUT2D eigenvalue weighted by Gasteiger charge is 1.98. The van der Waals surface area contributed by atoms with E-state index in [1.54, 1.807) is 32.2 Å². The van der Waals surface area contributed by atoms with Gasteiger partial charge in [-0.3, -0.25) is 4.99 Å². The van der Waals surface area contributed by atoms with Crippen molar-refractivity contribution in [2.45, 2.75) is 13.8 Å². The molecule has 0 atom stereocenters. The van der Waals surface area contributed by atoms with E-state index in [0.717, 1.165) is 0 Å². The molecule has 0 N–H and O–H groups in total. The van der Waals surface area contributed by atoms with E-state index in [1.165, 1.54) is 6.07 Å². The number of aromatic nitrogens is 1. The number of hydrogen-bond acceptors (Lipinski definition) is 3. The van der Waals surface area contributed by atoms with Gasteiger partial charge in [0.2, 0.25) is 5.95 Å². The Hall–Kier alpha value is -1.84. The molecule has 1 rings (SSSR count). The average molecular weight is 205 g/mol. The second-order valence-electron chi connectivity index (χ2n) is 2.85. The Morgan fingerprint density at radius 1 is 1.53 bits per heavy atom. The highest BCUT2D eigenvalue weighted by atomic mass is 19.1. The number of halogens is 1. The molecule has 0 bridgehead atoms. The van der Waals surface area contributed by atoms with E-state index >= 15 is 0 Å². The number of allylic oxidation sites excluding steroid dienone is 1. The fraction of sp³-hybridized carbons (Fsp3) is 0.182. The number of nitrogens with zero attached hydrogens (tertiary/aromatic N) is 3. The van der Waals surface area contributed by atoms with Gasteiger partial charge in [0.25, 0.3) is 0 Å². The van der Waals surface area contributed by atoms with Crippen molar-refractivity contribution in [3.05, 3.63) is 36.4 Å². The maximum absolute atomic E-state index is 12.7. The average Bonchev–Trinajstić information content (AvgIpc) is 2.18. The lowest BCUT2D eigenvalue weighted by atomic mass is 10.3. The summed E-state index contributed by atoms with van der Waals surface area (Å²) in [5.74, 6) is -0.228. The molecule has 0 fully saturated rings. The standard InChI is InChI=1S/C11H12FN3/c1-4-13-8(2)9(3)14-11-7-5-6-10(12)15-11/h4-7H,2H2,1,3H3. The van der Waals surface area contributed by atoms with Crippen LogP contribution >= 0.6 is 0 Å². The van der Waals surface area contributed by atoms with Gasteiger partial charge in [0.15, 0.2) is 5.82 Å². The smallest absolute Gasteiger partial charge is 0.214 e. The lowest BCUT2D eigenvalue weighted by Gasteiger charge is -1.98. The minimum Gasteiger partial charge on any atom is -0.260 e. The third-order valence-corrected chi connectivity index (χ3v) is 1.69. The van der Waals surface area contributed by atoms with Gasteiger partial charge in [0, 0.05) is 6.21 Å². The number of pyridine rings is 1. The van der Waals surface area contributed by atoms with Crippen LogP contribution in [0.15, 0.2) is 40.5 Å². The summed E-state index contributed by atoms with van der Waals surface area (Å²) >= 11 is 0. The van der Waals surface area contributed by atoms with Crippen LogP contribution in [-0.2, 0) is 0 Å². The highest BCUT2D eigenvalue weighted by Crippen LogP contribution is 2.10. The van der Waals surface area contributed by atoms with Crippen molar-refractivity contribution in [2.24, 2.45) is 9.98 Å². The van der Waals surface area contributed by atoms with E-state index in [9.17, 15) is 4.39 Å². The minimum atomic E-state index is -0.548. The van der Waals surface area contributed by atoms with Crippen molar-refractivity contribution in [3.8, 4) is 0 Å². The third kappa shape index (κ3) is 3.42. The molecule has 0 saturated heterocycles. The Kier molecular flexibility index (Phi) is 3.85. The number of aliphatic imine (C=N–C) groups is 2. The topological polar surface area (TPSA) is 37.6 Å². The van der Waals surface area contributed by atoms with Gasteiger partial charge in [-0.2, -0.15) is 4.39 Å². The van der Waals surface area contributed by atoms with Crippen molar-refractivity contribution in [3.63, 3.8) is 0 Å². The van der Waals surface area contributed by atoms with Crippen LogP contribution in [0.2, 0.25) is 0 Å². The zero-order chi connectivity index (χ0) is 11.3. The molecule has 0 radical (unpaired) electrons. The Balaban J connectivity index is 2.92. The Morgan fingerprint density at radius 2 is 2.27 bits per heavy atom. The predicted octanol–water partition coefficient (Wildman–Crippen LogP) is 2.92. The number of rotatable bonds is 3. The molecule has 0 amide bonds. The molecular formula is C11H12FN3. The van der Waals surface area contributed by atoms with Gasteiger partial charge in [0.05, 0.1) is 11.4 Å². The van der Waals surface area contributed by atoms with Crippen LogP contribution in [0.5, 0.6) is 0 Å². The quantitative estimate of drug-likeness (QED) is 0.552. The lowest BCUT2D eigenvalue weighted by molar-refractivity contribution is 0.585. The minimum absolute atomic E-state index is 0.319. The molecule has 1 aromatic rings. The summed E-state index contributed by atoms with van der Waals surface area (Å²) in [6, 6.07) is 4.45. The third-order valence-electron chi connectivity index (χ3n) is 1.69. The second kappa shape index (κ2) is 5.14. The zero-order valence-corrected chi connectivity index (χ0v) is 8.74. The summed E-state index contributed by atoms with van der Waals surface area (Å²) in [6.07, 6.45) is 1.63. The molecule has 0 aliphatic carbocycles. The Morgan fingerprint density at radius 3 is 2.87 bits per heavy atom. The van der Waals surface area contributed by atoms with Crippen LogP contribution < -0.4 is 0 Å². The van der Waals surface area contributed by atoms with Crippen molar-refractivity contribution < 1.29 is 4.39 Å². The van der Waals surface area contributed by atoms with E-state index in [2.05, 4.69) is 21.5 Å². The summed E-state index contributed by atoms with van der Waals surface area (Å²) in [5.41, 5.74) is 1.16. The molecule has 3 nitrogen and oxygen atoms in total. The lowest BCUT2D eigenvalue weighted by Crippen LogP contribution is -1.93. The molecule has 4 heteroatoms.